The van der Waals surface area contributed by atoms with Crippen molar-refractivity contribution in [3.63, 3.8) is 0 Å². The van der Waals surface area contributed by atoms with E-state index in [4.69, 9.17) is 5.11 Å². The Bertz CT molecular complexity index is 645. The topological polar surface area (TPSA) is 69.6 Å². The van der Waals surface area contributed by atoms with Gasteiger partial charge >= 0.3 is 12.0 Å². The van der Waals surface area contributed by atoms with Gasteiger partial charge in [-0.1, -0.05) is 18.2 Å². The first-order valence-corrected chi connectivity index (χ1v) is 8.49. The van der Waals surface area contributed by atoms with Crippen LogP contribution in [0.5, 0.6) is 0 Å². The smallest absolute Gasteiger partial charge is 0.322 e. The van der Waals surface area contributed by atoms with Gasteiger partial charge in [0.1, 0.15) is 0 Å². The summed E-state index contributed by atoms with van der Waals surface area (Å²) in [5.74, 6) is -0.954. The molecule has 2 aliphatic carbocycles. The highest BCUT2D eigenvalue weighted by atomic mass is 16.4. The molecule has 2 saturated carbocycles. The van der Waals surface area contributed by atoms with Crippen LogP contribution in [0.15, 0.2) is 24.3 Å². The lowest BCUT2D eigenvalue weighted by atomic mass is 9.86. The van der Waals surface area contributed by atoms with Gasteiger partial charge in [-0.2, -0.15) is 0 Å². The molecule has 1 aromatic carbocycles. The number of carbonyl (C=O) groups excluding carboxylic acids is 1. The minimum absolute atomic E-state index is 0.0278. The monoisotopic (exact) mass is 314 g/mol. The molecule has 0 unspecified atom stereocenters. The van der Waals surface area contributed by atoms with Crippen molar-refractivity contribution < 1.29 is 14.7 Å². The molecule has 122 valence electrons. The maximum Gasteiger partial charge on any atom is 0.322 e. The van der Waals surface area contributed by atoms with Gasteiger partial charge in [-0.25, -0.2) is 4.79 Å². The maximum absolute atomic E-state index is 12.7. The second-order valence-corrected chi connectivity index (χ2v) is 7.22. The molecule has 0 bridgehead atoms. The van der Waals surface area contributed by atoms with Gasteiger partial charge in [-0.15, -0.1) is 0 Å². The zero-order chi connectivity index (χ0) is 16.0. The van der Waals surface area contributed by atoms with Crippen molar-refractivity contribution >= 4 is 17.7 Å². The molecule has 5 heteroatoms. The fourth-order valence-electron chi connectivity index (χ4n) is 4.13. The van der Waals surface area contributed by atoms with Crippen molar-refractivity contribution in [3.05, 3.63) is 29.8 Å². The van der Waals surface area contributed by atoms with Gasteiger partial charge in [0.05, 0.1) is 5.92 Å². The second-order valence-electron chi connectivity index (χ2n) is 7.22. The Morgan fingerprint density at radius 3 is 2.48 bits per heavy atom. The summed E-state index contributed by atoms with van der Waals surface area (Å²) in [6.07, 6.45) is 5.14. The number of nitrogens with zero attached hydrogens (tertiary/aromatic N) is 1. The molecule has 0 saturated heterocycles. The molecule has 0 atom stereocenters. The van der Waals surface area contributed by atoms with Crippen molar-refractivity contribution in [2.45, 2.75) is 50.0 Å². The van der Waals surface area contributed by atoms with Crippen molar-refractivity contribution in [1.82, 2.24) is 5.32 Å². The molecule has 0 aromatic heterocycles. The number of benzene rings is 1. The van der Waals surface area contributed by atoms with E-state index in [2.05, 4.69) is 11.4 Å². The van der Waals surface area contributed by atoms with Crippen LogP contribution >= 0.6 is 0 Å². The first-order chi connectivity index (χ1) is 11.1. The van der Waals surface area contributed by atoms with E-state index in [1.54, 1.807) is 0 Å². The molecular formula is C18H22N2O3. The van der Waals surface area contributed by atoms with Crippen LogP contribution in [0.1, 0.15) is 44.1 Å². The van der Waals surface area contributed by atoms with E-state index >= 15 is 0 Å². The minimum Gasteiger partial charge on any atom is -0.481 e. The quantitative estimate of drug-likeness (QED) is 0.882. The Morgan fingerprint density at radius 1 is 1.13 bits per heavy atom. The van der Waals surface area contributed by atoms with Gasteiger partial charge in [0.15, 0.2) is 0 Å². The van der Waals surface area contributed by atoms with Gasteiger partial charge in [0.25, 0.3) is 0 Å². The summed E-state index contributed by atoms with van der Waals surface area (Å²) in [5.41, 5.74) is 2.56. The standard InChI is InChI=1S/C18H22N2O3/c21-16(22)12-5-7-13(8-6-12)19-17(23)20-11-18(9-10-18)14-3-1-2-4-15(14)20/h1-4,12-13H,5-11H2,(H,19,23)(H,21,22). The fourth-order valence-corrected chi connectivity index (χ4v) is 4.13. The number of urea groups is 1. The van der Waals surface area contributed by atoms with Crippen LogP contribution in [0, 0.1) is 5.92 Å². The highest BCUT2D eigenvalue weighted by Crippen LogP contribution is 2.56. The van der Waals surface area contributed by atoms with E-state index in [1.165, 1.54) is 5.56 Å². The van der Waals surface area contributed by atoms with Gasteiger partial charge in [0, 0.05) is 23.7 Å². The Labute approximate surface area is 135 Å². The summed E-state index contributed by atoms with van der Waals surface area (Å²) in [4.78, 5) is 25.6. The molecule has 1 aliphatic heterocycles. The van der Waals surface area contributed by atoms with E-state index in [0.717, 1.165) is 37.9 Å². The summed E-state index contributed by atoms with van der Waals surface area (Å²) in [6, 6.07) is 8.28. The number of amides is 2. The third-order valence-corrected chi connectivity index (χ3v) is 5.73. The molecule has 2 N–H and O–H groups in total. The van der Waals surface area contributed by atoms with E-state index < -0.39 is 5.97 Å². The van der Waals surface area contributed by atoms with Crippen LogP contribution in [0.4, 0.5) is 10.5 Å². The number of anilines is 1. The lowest BCUT2D eigenvalue weighted by Crippen LogP contribution is -2.46. The van der Waals surface area contributed by atoms with Gasteiger partial charge in [0.2, 0.25) is 0 Å². The van der Waals surface area contributed by atoms with Crippen molar-refractivity contribution in [1.29, 1.82) is 0 Å². The largest absolute Gasteiger partial charge is 0.481 e. The number of aliphatic carboxylic acids is 1. The molecule has 4 rings (SSSR count). The first kappa shape index (κ1) is 14.5. The van der Waals surface area contributed by atoms with Crippen LogP contribution in [0.2, 0.25) is 0 Å². The van der Waals surface area contributed by atoms with Crippen molar-refractivity contribution in [2.75, 3.05) is 11.4 Å². The molecule has 5 nitrogen and oxygen atoms in total. The number of fused-ring (bicyclic) bond motifs is 2. The van der Waals surface area contributed by atoms with E-state index in [1.807, 2.05) is 23.1 Å². The van der Waals surface area contributed by atoms with Gasteiger partial charge in [-0.05, 0) is 50.2 Å². The number of hydrogen-bond donors (Lipinski definition) is 2. The summed E-state index contributed by atoms with van der Waals surface area (Å²) in [5, 5.41) is 12.2. The predicted molar refractivity (Wildman–Crippen MR) is 86.6 cm³/mol. The molecule has 2 amide bonds. The molecule has 1 aromatic rings. The van der Waals surface area contributed by atoms with Gasteiger partial charge < -0.3 is 10.4 Å². The SMILES string of the molecule is O=C(O)C1CCC(NC(=O)N2CC3(CC3)c3ccccc32)CC1. The highest BCUT2D eigenvalue weighted by Gasteiger charge is 2.52. The third-order valence-electron chi connectivity index (χ3n) is 5.73. The highest BCUT2D eigenvalue weighted by molar-refractivity contribution is 5.95. The number of rotatable bonds is 2. The van der Waals surface area contributed by atoms with Gasteiger partial charge in [-0.3, -0.25) is 9.69 Å². The minimum atomic E-state index is -0.709. The fraction of sp³-hybridized carbons (Fsp3) is 0.556. The van der Waals surface area contributed by atoms with Crippen LogP contribution < -0.4 is 10.2 Å². The number of hydrogen-bond acceptors (Lipinski definition) is 2. The lowest BCUT2D eigenvalue weighted by Gasteiger charge is -2.29. The zero-order valence-electron chi connectivity index (χ0n) is 13.1. The maximum atomic E-state index is 12.7. The Balaban J connectivity index is 1.42. The van der Waals surface area contributed by atoms with Crippen molar-refractivity contribution in [3.8, 4) is 0 Å². The third kappa shape index (κ3) is 2.48. The van der Waals surface area contributed by atoms with E-state index in [9.17, 15) is 9.59 Å². The zero-order valence-corrected chi connectivity index (χ0v) is 13.1. The average molecular weight is 314 g/mol. The molecule has 1 spiro atoms. The number of nitrogens with one attached hydrogen (secondary N) is 1. The summed E-state index contributed by atoms with van der Waals surface area (Å²) in [7, 11) is 0. The Hall–Kier alpha value is -2.04. The van der Waals surface area contributed by atoms with E-state index in [-0.39, 0.29) is 23.4 Å². The van der Waals surface area contributed by atoms with Crippen LogP contribution in [0.3, 0.4) is 0 Å². The molecular weight excluding hydrogens is 292 g/mol. The summed E-state index contributed by atoms with van der Waals surface area (Å²) in [6.45, 7) is 0.780. The molecule has 23 heavy (non-hydrogen) atoms. The van der Waals surface area contributed by atoms with E-state index in [0.29, 0.717) is 12.8 Å². The number of carbonyl (C=O) groups is 2. The van der Waals surface area contributed by atoms with Crippen molar-refractivity contribution in [2.24, 2.45) is 5.92 Å². The second kappa shape index (κ2) is 5.25. The summed E-state index contributed by atoms with van der Waals surface area (Å²) >= 11 is 0. The lowest BCUT2D eigenvalue weighted by molar-refractivity contribution is -0.142. The Morgan fingerprint density at radius 2 is 1.83 bits per heavy atom. The Kier molecular flexibility index (Phi) is 3.32. The average Bonchev–Trinajstić information content (AvgIpc) is 3.25. The van der Waals surface area contributed by atoms with Crippen LogP contribution in [0.25, 0.3) is 0 Å². The number of carboxylic acid groups (broad SMARTS) is 1. The normalized spacial score (nSPS) is 27.6. The van der Waals surface area contributed by atoms with Crippen LogP contribution in [-0.4, -0.2) is 29.7 Å². The number of para-hydroxylation sites is 1. The molecule has 2 fully saturated rings. The number of carboxylic acids is 1. The summed E-state index contributed by atoms with van der Waals surface area (Å²) < 4.78 is 0. The molecule has 1 heterocycles. The molecule has 3 aliphatic rings. The molecule has 0 radical (unpaired) electrons. The predicted octanol–water partition coefficient (Wildman–Crippen LogP) is 2.89. The van der Waals surface area contributed by atoms with Crippen LogP contribution in [-0.2, 0) is 10.2 Å². The first-order valence-electron chi connectivity index (χ1n) is 8.49.